The first-order valence-corrected chi connectivity index (χ1v) is 8.37. The molecule has 0 saturated heterocycles. The van der Waals surface area contributed by atoms with Crippen molar-refractivity contribution in [2.45, 2.75) is 0 Å². The number of carbonyl (C=O) groups excluding carboxylic acids is 2. The van der Waals surface area contributed by atoms with Crippen LogP contribution in [0.5, 0.6) is 0 Å². The van der Waals surface area contributed by atoms with Crippen molar-refractivity contribution in [2.24, 2.45) is 0 Å². The first-order chi connectivity index (χ1) is 13.1. The Morgan fingerprint density at radius 2 is 1.37 bits per heavy atom. The van der Waals surface area contributed by atoms with Crippen molar-refractivity contribution in [1.82, 2.24) is 0 Å². The second-order valence-corrected chi connectivity index (χ2v) is 5.75. The molecular weight excluding hydrogens is 345 g/mol. The number of rotatable bonds is 6. The highest BCUT2D eigenvalue weighted by molar-refractivity contribution is 6.08. The molecule has 0 unspecified atom stereocenters. The van der Waals surface area contributed by atoms with Gasteiger partial charge >= 0.3 is 0 Å². The lowest BCUT2D eigenvalue weighted by atomic mass is 10.1. The quantitative estimate of drug-likeness (QED) is 0.617. The summed E-state index contributed by atoms with van der Waals surface area (Å²) in [5.74, 6) is -1.22. The van der Waals surface area contributed by atoms with E-state index in [1.165, 1.54) is 12.1 Å². The fraction of sp³-hybridized carbons (Fsp3) is 0.0476. The number of halogens is 1. The Morgan fingerprint density at radius 1 is 0.741 bits per heavy atom. The van der Waals surface area contributed by atoms with Crippen LogP contribution in [0.4, 0.5) is 21.5 Å². The predicted octanol–water partition coefficient (Wildman–Crippen LogP) is 4.13. The van der Waals surface area contributed by atoms with E-state index in [1.54, 1.807) is 48.5 Å². The normalized spacial score (nSPS) is 10.1. The summed E-state index contributed by atoms with van der Waals surface area (Å²) in [5, 5.41) is 8.22. The first kappa shape index (κ1) is 18.1. The zero-order valence-corrected chi connectivity index (χ0v) is 14.4. The molecule has 0 atom stereocenters. The van der Waals surface area contributed by atoms with Gasteiger partial charge in [0.05, 0.1) is 17.8 Å². The van der Waals surface area contributed by atoms with Crippen LogP contribution in [0.25, 0.3) is 0 Å². The Bertz CT molecular complexity index is 945. The third kappa shape index (κ3) is 4.92. The van der Waals surface area contributed by atoms with Gasteiger partial charge in [0.15, 0.2) is 0 Å². The largest absolute Gasteiger partial charge is 0.376 e. The van der Waals surface area contributed by atoms with Gasteiger partial charge < -0.3 is 16.0 Å². The topological polar surface area (TPSA) is 70.2 Å². The van der Waals surface area contributed by atoms with Crippen LogP contribution in [-0.4, -0.2) is 18.4 Å². The number of hydrogen-bond donors (Lipinski definition) is 3. The molecule has 0 aliphatic carbocycles. The molecule has 0 bridgehead atoms. The summed E-state index contributed by atoms with van der Waals surface area (Å²) in [5.41, 5.74) is 1.70. The van der Waals surface area contributed by atoms with Crippen molar-refractivity contribution in [3.63, 3.8) is 0 Å². The molecule has 3 rings (SSSR count). The molecule has 5 nitrogen and oxygen atoms in total. The third-order valence-corrected chi connectivity index (χ3v) is 3.79. The Labute approximate surface area is 156 Å². The Hall–Kier alpha value is -3.67. The van der Waals surface area contributed by atoms with Gasteiger partial charge in [-0.3, -0.25) is 9.59 Å². The number of carbonyl (C=O) groups is 2. The van der Waals surface area contributed by atoms with Gasteiger partial charge in [-0.1, -0.05) is 42.5 Å². The molecule has 0 saturated carbocycles. The molecule has 0 radical (unpaired) electrons. The van der Waals surface area contributed by atoms with Crippen molar-refractivity contribution >= 4 is 28.9 Å². The molecular formula is C21H18FN3O2. The summed E-state index contributed by atoms with van der Waals surface area (Å²) in [4.78, 5) is 24.6. The van der Waals surface area contributed by atoms with Crippen LogP contribution in [0.15, 0.2) is 78.9 Å². The zero-order valence-electron chi connectivity index (χ0n) is 14.4. The van der Waals surface area contributed by atoms with Gasteiger partial charge in [-0.2, -0.15) is 0 Å². The number of amides is 2. The second kappa shape index (κ2) is 8.62. The molecule has 3 N–H and O–H groups in total. The highest BCUT2D eigenvalue weighted by Gasteiger charge is 2.12. The number of hydrogen-bond acceptors (Lipinski definition) is 3. The molecule has 0 fully saturated rings. The third-order valence-electron chi connectivity index (χ3n) is 3.79. The highest BCUT2D eigenvalue weighted by Crippen LogP contribution is 2.17. The minimum atomic E-state index is -0.506. The molecule has 3 aromatic carbocycles. The summed E-state index contributed by atoms with van der Waals surface area (Å²) in [6.45, 7) is -0.107. The van der Waals surface area contributed by atoms with Crippen molar-refractivity contribution in [3.8, 4) is 0 Å². The van der Waals surface area contributed by atoms with Crippen LogP contribution in [0.1, 0.15) is 10.4 Å². The number of benzene rings is 3. The SMILES string of the molecule is O=C(CNc1ccccc1C(=O)Nc1ccccc1)Nc1ccccc1F. The van der Waals surface area contributed by atoms with Crippen LogP contribution in [0, 0.1) is 5.82 Å². The van der Waals surface area contributed by atoms with E-state index in [4.69, 9.17) is 0 Å². The Balaban J connectivity index is 1.64. The molecule has 3 aromatic rings. The lowest BCUT2D eigenvalue weighted by Gasteiger charge is -2.12. The highest BCUT2D eigenvalue weighted by atomic mass is 19.1. The van der Waals surface area contributed by atoms with Crippen molar-refractivity contribution in [2.75, 3.05) is 22.5 Å². The van der Waals surface area contributed by atoms with Gasteiger partial charge in [-0.25, -0.2) is 4.39 Å². The fourth-order valence-corrected chi connectivity index (χ4v) is 2.49. The van der Waals surface area contributed by atoms with Gasteiger partial charge in [0.1, 0.15) is 5.82 Å². The molecule has 0 spiro atoms. The van der Waals surface area contributed by atoms with E-state index in [2.05, 4.69) is 16.0 Å². The Kier molecular flexibility index (Phi) is 5.79. The van der Waals surface area contributed by atoms with Crippen LogP contribution in [0.3, 0.4) is 0 Å². The maximum Gasteiger partial charge on any atom is 0.257 e. The van der Waals surface area contributed by atoms with Crippen LogP contribution < -0.4 is 16.0 Å². The Morgan fingerprint density at radius 3 is 2.11 bits per heavy atom. The van der Waals surface area contributed by atoms with Gasteiger partial charge in [0.2, 0.25) is 5.91 Å². The fourth-order valence-electron chi connectivity index (χ4n) is 2.49. The summed E-state index contributed by atoms with van der Waals surface area (Å²) >= 11 is 0. The molecule has 0 aliphatic rings. The number of nitrogens with one attached hydrogen (secondary N) is 3. The zero-order chi connectivity index (χ0) is 19.1. The summed E-state index contributed by atoms with van der Waals surface area (Å²) < 4.78 is 13.6. The molecule has 0 aliphatic heterocycles. The van der Waals surface area contributed by atoms with E-state index >= 15 is 0 Å². The molecule has 27 heavy (non-hydrogen) atoms. The van der Waals surface area contributed by atoms with Gasteiger partial charge in [0, 0.05) is 11.4 Å². The minimum absolute atomic E-state index is 0.107. The van der Waals surface area contributed by atoms with Crippen LogP contribution in [-0.2, 0) is 4.79 Å². The van der Waals surface area contributed by atoms with E-state index in [0.29, 0.717) is 16.9 Å². The average Bonchev–Trinajstić information content (AvgIpc) is 2.69. The smallest absolute Gasteiger partial charge is 0.257 e. The molecule has 0 aromatic heterocycles. The maximum absolute atomic E-state index is 13.6. The van der Waals surface area contributed by atoms with Crippen molar-refractivity contribution in [3.05, 3.63) is 90.2 Å². The maximum atomic E-state index is 13.6. The number of para-hydroxylation sites is 3. The molecule has 6 heteroatoms. The van der Waals surface area contributed by atoms with E-state index in [9.17, 15) is 14.0 Å². The summed E-state index contributed by atoms with van der Waals surface area (Å²) in [6.07, 6.45) is 0. The number of anilines is 3. The van der Waals surface area contributed by atoms with E-state index in [-0.39, 0.29) is 18.1 Å². The van der Waals surface area contributed by atoms with Crippen LogP contribution >= 0.6 is 0 Å². The average molecular weight is 363 g/mol. The van der Waals surface area contributed by atoms with Crippen LogP contribution in [0.2, 0.25) is 0 Å². The lowest BCUT2D eigenvalue weighted by molar-refractivity contribution is -0.114. The second-order valence-electron chi connectivity index (χ2n) is 5.75. The minimum Gasteiger partial charge on any atom is -0.376 e. The summed E-state index contributed by atoms with van der Waals surface area (Å²) in [6, 6.07) is 21.9. The van der Waals surface area contributed by atoms with Gasteiger partial charge in [-0.05, 0) is 36.4 Å². The summed E-state index contributed by atoms with van der Waals surface area (Å²) in [7, 11) is 0. The predicted molar refractivity (Wildman–Crippen MR) is 104 cm³/mol. The van der Waals surface area contributed by atoms with E-state index < -0.39 is 11.7 Å². The van der Waals surface area contributed by atoms with Gasteiger partial charge in [-0.15, -0.1) is 0 Å². The lowest BCUT2D eigenvalue weighted by Crippen LogP contribution is -2.23. The van der Waals surface area contributed by atoms with Gasteiger partial charge in [0.25, 0.3) is 5.91 Å². The monoisotopic (exact) mass is 363 g/mol. The van der Waals surface area contributed by atoms with Crippen molar-refractivity contribution in [1.29, 1.82) is 0 Å². The van der Waals surface area contributed by atoms with E-state index in [0.717, 1.165) is 0 Å². The van der Waals surface area contributed by atoms with E-state index in [1.807, 2.05) is 18.2 Å². The molecule has 2 amide bonds. The first-order valence-electron chi connectivity index (χ1n) is 8.37. The molecule has 136 valence electrons. The molecule has 0 heterocycles. The standard InChI is InChI=1S/C21H18FN3O2/c22-17-11-5-7-13-19(17)25-20(26)14-23-18-12-6-4-10-16(18)21(27)24-15-8-2-1-3-9-15/h1-13,23H,14H2,(H,24,27)(H,25,26). The van der Waals surface area contributed by atoms with Crippen molar-refractivity contribution < 1.29 is 14.0 Å².